The third-order valence-electron chi connectivity index (χ3n) is 2.65. The fraction of sp³-hybridized carbons (Fsp3) is 0.250. The van der Waals surface area contributed by atoms with Gasteiger partial charge in [0.15, 0.2) is 0 Å². The molecule has 2 aromatic heterocycles. The molecule has 108 valence electrons. The molecule has 0 bridgehead atoms. The van der Waals surface area contributed by atoms with Gasteiger partial charge in [0, 0.05) is 18.0 Å². The molecule has 0 aliphatic heterocycles. The lowest BCUT2D eigenvalue weighted by Gasteiger charge is -2.18. The van der Waals surface area contributed by atoms with Crippen molar-refractivity contribution in [3.8, 4) is 0 Å². The molecule has 0 aliphatic rings. The lowest BCUT2D eigenvalue weighted by Crippen LogP contribution is -2.29. The Morgan fingerprint density at radius 3 is 2.60 bits per heavy atom. The molecule has 0 aromatic carbocycles. The predicted octanol–water partition coefficient (Wildman–Crippen LogP) is 2.72. The monoisotopic (exact) mass is 331 g/mol. The maximum Gasteiger partial charge on any atom is 0.345 e. The fourth-order valence-corrected chi connectivity index (χ4v) is 5.17. The molecule has 2 aromatic rings. The zero-order valence-corrected chi connectivity index (χ0v) is 13.1. The number of carbonyl (C=O) groups is 1. The normalized spacial score (nSPS) is 11.9. The van der Waals surface area contributed by atoms with Crippen LogP contribution in [0.15, 0.2) is 33.9 Å². The number of sulfonamides is 1. The van der Waals surface area contributed by atoms with Gasteiger partial charge >= 0.3 is 5.97 Å². The summed E-state index contributed by atoms with van der Waals surface area (Å²) in [5, 5.41) is 10.8. The van der Waals surface area contributed by atoms with Crippen molar-refractivity contribution in [1.29, 1.82) is 0 Å². The van der Waals surface area contributed by atoms with Crippen molar-refractivity contribution in [3.63, 3.8) is 0 Å². The van der Waals surface area contributed by atoms with Crippen LogP contribution < -0.4 is 0 Å². The Morgan fingerprint density at radius 1 is 1.35 bits per heavy atom. The number of thiophene rings is 2. The van der Waals surface area contributed by atoms with Gasteiger partial charge in [0.05, 0.1) is 0 Å². The second-order valence-corrected chi connectivity index (χ2v) is 8.22. The molecule has 2 heterocycles. The number of rotatable bonds is 6. The van der Waals surface area contributed by atoms with Crippen LogP contribution in [0, 0.1) is 0 Å². The number of carboxylic acids is 1. The summed E-state index contributed by atoms with van der Waals surface area (Å²) in [6.45, 7) is 2.40. The number of hydrogen-bond acceptors (Lipinski definition) is 5. The van der Waals surface area contributed by atoms with E-state index in [1.54, 1.807) is 6.92 Å². The largest absolute Gasteiger partial charge is 0.477 e. The fourth-order valence-electron chi connectivity index (χ4n) is 1.64. The molecule has 0 spiro atoms. The van der Waals surface area contributed by atoms with Crippen molar-refractivity contribution in [2.24, 2.45) is 0 Å². The maximum absolute atomic E-state index is 12.5. The summed E-state index contributed by atoms with van der Waals surface area (Å²) >= 11 is 2.27. The predicted molar refractivity (Wildman–Crippen MR) is 78.9 cm³/mol. The van der Waals surface area contributed by atoms with E-state index < -0.39 is 16.0 Å². The Morgan fingerprint density at radius 2 is 2.10 bits per heavy atom. The van der Waals surface area contributed by atoms with Crippen LogP contribution in [0.4, 0.5) is 0 Å². The topological polar surface area (TPSA) is 74.7 Å². The Bertz CT molecular complexity index is 688. The van der Waals surface area contributed by atoms with Crippen LogP contribution in [0.1, 0.15) is 21.5 Å². The van der Waals surface area contributed by atoms with E-state index in [1.807, 2.05) is 17.5 Å². The van der Waals surface area contributed by atoms with Crippen molar-refractivity contribution < 1.29 is 18.3 Å². The van der Waals surface area contributed by atoms with Crippen LogP contribution in [0.5, 0.6) is 0 Å². The molecular weight excluding hydrogens is 318 g/mol. The number of hydrogen-bond donors (Lipinski definition) is 1. The van der Waals surface area contributed by atoms with Crippen molar-refractivity contribution >= 4 is 38.7 Å². The Kier molecular flexibility index (Phi) is 4.59. The van der Waals surface area contributed by atoms with E-state index >= 15 is 0 Å². The first kappa shape index (κ1) is 15.2. The minimum Gasteiger partial charge on any atom is -0.477 e. The smallest absolute Gasteiger partial charge is 0.345 e. The van der Waals surface area contributed by atoms with Crippen LogP contribution in [-0.2, 0) is 16.6 Å². The second kappa shape index (κ2) is 6.04. The highest BCUT2D eigenvalue weighted by atomic mass is 32.2. The van der Waals surface area contributed by atoms with Gasteiger partial charge in [-0.3, -0.25) is 0 Å². The van der Waals surface area contributed by atoms with E-state index in [1.165, 1.54) is 27.8 Å². The number of aromatic carboxylic acids is 1. The quantitative estimate of drug-likeness (QED) is 0.883. The minimum atomic E-state index is -3.64. The minimum absolute atomic E-state index is 0.0238. The highest BCUT2D eigenvalue weighted by molar-refractivity contribution is 7.91. The summed E-state index contributed by atoms with van der Waals surface area (Å²) in [5.74, 6) is -1.11. The van der Waals surface area contributed by atoms with E-state index in [0.717, 1.165) is 16.2 Å². The molecule has 0 saturated carbocycles. The lowest BCUT2D eigenvalue weighted by atomic mass is 10.4. The van der Waals surface area contributed by atoms with E-state index in [2.05, 4.69) is 0 Å². The molecular formula is C12H13NO4S3. The van der Waals surface area contributed by atoms with E-state index in [9.17, 15) is 13.2 Å². The molecule has 0 radical (unpaired) electrons. The van der Waals surface area contributed by atoms with Crippen molar-refractivity contribution in [3.05, 3.63) is 39.4 Å². The molecule has 0 amide bonds. The van der Waals surface area contributed by atoms with Crippen molar-refractivity contribution in [1.82, 2.24) is 4.31 Å². The van der Waals surface area contributed by atoms with Crippen LogP contribution in [-0.4, -0.2) is 30.3 Å². The van der Waals surface area contributed by atoms with Crippen LogP contribution in [0.3, 0.4) is 0 Å². The summed E-state index contributed by atoms with van der Waals surface area (Å²) in [4.78, 5) is 11.8. The Balaban J connectivity index is 2.28. The maximum atomic E-state index is 12.5. The average molecular weight is 331 g/mol. The van der Waals surface area contributed by atoms with Gasteiger partial charge in [-0.25, -0.2) is 13.2 Å². The molecule has 5 nitrogen and oxygen atoms in total. The van der Waals surface area contributed by atoms with Gasteiger partial charge in [-0.1, -0.05) is 13.0 Å². The van der Waals surface area contributed by atoms with Crippen LogP contribution in [0.2, 0.25) is 0 Å². The number of nitrogens with zero attached hydrogens (tertiary/aromatic N) is 1. The lowest BCUT2D eigenvalue weighted by molar-refractivity contribution is 0.0702. The van der Waals surface area contributed by atoms with Crippen molar-refractivity contribution in [2.45, 2.75) is 17.7 Å². The van der Waals surface area contributed by atoms with Gasteiger partial charge in [-0.2, -0.15) is 4.31 Å². The third kappa shape index (κ3) is 3.09. The van der Waals surface area contributed by atoms with Gasteiger partial charge < -0.3 is 5.11 Å². The SMILES string of the molecule is CCN(Cc1cccs1)S(=O)(=O)c1ccc(C(=O)O)s1. The van der Waals surface area contributed by atoms with Crippen LogP contribution >= 0.6 is 22.7 Å². The van der Waals surface area contributed by atoms with E-state index in [0.29, 0.717) is 13.1 Å². The molecule has 2 rings (SSSR count). The van der Waals surface area contributed by atoms with Gasteiger partial charge in [0.2, 0.25) is 0 Å². The molecule has 0 saturated heterocycles. The van der Waals surface area contributed by atoms with E-state index in [4.69, 9.17) is 5.11 Å². The van der Waals surface area contributed by atoms with Gasteiger partial charge in [-0.15, -0.1) is 22.7 Å². The first-order valence-corrected chi connectivity index (χ1v) is 8.94. The summed E-state index contributed by atoms with van der Waals surface area (Å²) in [6, 6.07) is 6.41. The Hall–Kier alpha value is -1.22. The highest BCUT2D eigenvalue weighted by Gasteiger charge is 2.26. The molecule has 1 N–H and O–H groups in total. The summed E-state index contributed by atoms with van der Waals surface area (Å²) in [7, 11) is -3.64. The molecule has 0 atom stereocenters. The molecule has 8 heteroatoms. The molecule has 0 fully saturated rings. The summed E-state index contributed by atoms with van der Waals surface area (Å²) in [5.41, 5.74) is 0. The molecule has 0 unspecified atom stereocenters. The Labute approximate surface area is 125 Å². The van der Waals surface area contributed by atoms with Crippen molar-refractivity contribution in [2.75, 3.05) is 6.54 Å². The van der Waals surface area contributed by atoms with E-state index in [-0.39, 0.29) is 9.09 Å². The molecule has 20 heavy (non-hydrogen) atoms. The standard InChI is InChI=1S/C12H13NO4S3/c1-2-13(8-9-4-3-7-18-9)20(16,17)11-6-5-10(19-11)12(14)15/h3-7H,2,8H2,1H3,(H,14,15). The second-order valence-electron chi connectivity index (χ2n) is 3.93. The third-order valence-corrected chi connectivity index (χ3v) is 6.97. The first-order valence-electron chi connectivity index (χ1n) is 5.80. The number of carboxylic acid groups (broad SMARTS) is 1. The van der Waals surface area contributed by atoms with Gasteiger partial charge in [-0.05, 0) is 23.6 Å². The molecule has 0 aliphatic carbocycles. The average Bonchev–Trinajstić information content (AvgIpc) is 3.06. The van der Waals surface area contributed by atoms with Gasteiger partial charge in [0.25, 0.3) is 10.0 Å². The highest BCUT2D eigenvalue weighted by Crippen LogP contribution is 2.26. The summed E-state index contributed by atoms with van der Waals surface area (Å²) in [6.07, 6.45) is 0. The summed E-state index contributed by atoms with van der Waals surface area (Å²) < 4.78 is 26.4. The van der Waals surface area contributed by atoms with Gasteiger partial charge in [0.1, 0.15) is 9.09 Å². The first-order chi connectivity index (χ1) is 9.45. The van der Waals surface area contributed by atoms with Crippen LogP contribution in [0.25, 0.3) is 0 Å². The zero-order chi connectivity index (χ0) is 14.8. The zero-order valence-electron chi connectivity index (χ0n) is 10.6.